The first-order chi connectivity index (χ1) is 13.1. The summed E-state index contributed by atoms with van der Waals surface area (Å²) in [6.07, 6.45) is 21.9. The van der Waals surface area contributed by atoms with E-state index >= 15 is 0 Å². The Hall–Kier alpha value is -0.190. The normalized spacial score (nSPS) is 14.0. The number of likely N-dealkylation sites (N-methyl/N-ethyl adjacent to an activating group) is 1. The quantitative estimate of drug-likeness (QED) is 0.170. The van der Waals surface area contributed by atoms with Gasteiger partial charge in [-0.3, -0.25) is 4.57 Å². The summed E-state index contributed by atoms with van der Waals surface area (Å²) in [7, 11) is -2.22. The molecule has 0 fully saturated rings. The summed E-state index contributed by atoms with van der Waals surface area (Å²) in [6, 6.07) is 0. The molecule has 5 nitrogen and oxygen atoms in total. The molecule has 2 N–H and O–H groups in total. The van der Waals surface area contributed by atoms with Gasteiger partial charge in [0.25, 0.3) is 7.82 Å². The van der Waals surface area contributed by atoms with Crippen LogP contribution >= 0.6 is 7.82 Å². The van der Waals surface area contributed by atoms with Crippen molar-refractivity contribution < 1.29 is 23.8 Å². The van der Waals surface area contributed by atoms with Crippen molar-refractivity contribution in [3.05, 3.63) is 12.2 Å². The van der Waals surface area contributed by atoms with Gasteiger partial charge in [-0.2, -0.15) is 0 Å². The van der Waals surface area contributed by atoms with Crippen LogP contribution in [0.2, 0.25) is 0 Å². The molecule has 0 bridgehead atoms. The van der Waals surface area contributed by atoms with E-state index in [2.05, 4.69) is 19.1 Å². The second-order valence-corrected chi connectivity index (χ2v) is 8.66. The molecular formula is C21H44NO4P. The number of phosphoric ester groups is 1. The van der Waals surface area contributed by atoms with Crippen molar-refractivity contribution in [3.63, 3.8) is 0 Å². The van der Waals surface area contributed by atoms with Crippen molar-refractivity contribution in [1.29, 1.82) is 0 Å². The SMILES string of the molecule is CCCCCCCC/C=C\CCCCCCCCOP(=O)([O-])OCC[NH2+]C. The minimum Gasteiger partial charge on any atom is -0.756 e. The zero-order valence-corrected chi connectivity index (χ0v) is 18.7. The Morgan fingerprint density at radius 1 is 0.778 bits per heavy atom. The molecule has 0 aromatic heterocycles. The first-order valence-electron chi connectivity index (χ1n) is 11.2. The second kappa shape index (κ2) is 20.5. The topological polar surface area (TPSA) is 75.2 Å². The van der Waals surface area contributed by atoms with Crippen LogP contribution in [0.3, 0.4) is 0 Å². The van der Waals surface area contributed by atoms with Gasteiger partial charge in [0.2, 0.25) is 0 Å². The molecule has 0 radical (unpaired) electrons. The summed E-state index contributed by atoms with van der Waals surface area (Å²) in [4.78, 5) is 11.4. The molecule has 0 aliphatic rings. The molecule has 0 saturated heterocycles. The van der Waals surface area contributed by atoms with Gasteiger partial charge >= 0.3 is 0 Å². The molecule has 0 aromatic carbocycles. The molecule has 0 saturated carbocycles. The number of allylic oxidation sites excluding steroid dienone is 2. The number of hydrogen-bond donors (Lipinski definition) is 1. The molecule has 6 heteroatoms. The minimum atomic E-state index is -4.09. The summed E-state index contributed by atoms with van der Waals surface area (Å²) in [6.45, 7) is 3.28. The van der Waals surface area contributed by atoms with Gasteiger partial charge in [0.1, 0.15) is 6.61 Å². The highest BCUT2D eigenvalue weighted by molar-refractivity contribution is 7.45. The van der Waals surface area contributed by atoms with E-state index in [0.29, 0.717) is 6.54 Å². The fraction of sp³-hybridized carbons (Fsp3) is 0.905. The third-order valence-corrected chi connectivity index (χ3v) is 5.56. The maximum Gasteiger partial charge on any atom is 0.268 e. The Morgan fingerprint density at radius 3 is 1.81 bits per heavy atom. The van der Waals surface area contributed by atoms with E-state index in [-0.39, 0.29) is 13.2 Å². The molecule has 0 aromatic rings. The van der Waals surface area contributed by atoms with Gasteiger partial charge in [0.15, 0.2) is 0 Å². The molecule has 1 atom stereocenters. The Morgan fingerprint density at radius 2 is 1.26 bits per heavy atom. The van der Waals surface area contributed by atoms with E-state index in [1.807, 2.05) is 12.4 Å². The van der Waals surface area contributed by atoms with E-state index in [9.17, 15) is 9.46 Å². The van der Waals surface area contributed by atoms with Crippen LogP contribution in [0.4, 0.5) is 0 Å². The molecule has 0 aliphatic carbocycles. The van der Waals surface area contributed by atoms with Crippen LogP contribution < -0.4 is 10.2 Å². The van der Waals surface area contributed by atoms with Gasteiger partial charge in [-0.05, 0) is 32.1 Å². The summed E-state index contributed by atoms with van der Waals surface area (Å²) < 4.78 is 21.0. The van der Waals surface area contributed by atoms with Crippen LogP contribution in [0, 0.1) is 0 Å². The van der Waals surface area contributed by atoms with Crippen molar-refractivity contribution in [2.24, 2.45) is 0 Å². The van der Waals surface area contributed by atoms with Crippen LogP contribution in [0.15, 0.2) is 12.2 Å². The maximum absolute atomic E-state index is 11.4. The second-order valence-electron chi connectivity index (χ2n) is 7.25. The van der Waals surface area contributed by atoms with Gasteiger partial charge in [0, 0.05) is 0 Å². The van der Waals surface area contributed by atoms with Crippen LogP contribution in [-0.4, -0.2) is 26.8 Å². The highest BCUT2D eigenvalue weighted by Crippen LogP contribution is 2.37. The number of unbranched alkanes of at least 4 members (excludes halogenated alkanes) is 12. The largest absolute Gasteiger partial charge is 0.756 e. The van der Waals surface area contributed by atoms with Crippen molar-refractivity contribution in [1.82, 2.24) is 0 Å². The highest BCUT2D eigenvalue weighted by Gasteiger charge is 2.08. The molecule has 0 aliphatic heterocycles. The molecular weight excluding hydrogens is 361 g/mol. The fourth-order valence-electron chi connectivity index (χ4n) is 2.85. The third-order valence-electron chi connectivity index (χ3n) is 4.56. The van der Waals surface area contributed by atoms with Gasteiger partial charge in [-0.1, -0.05) is 76.9 Å². The predicted octanol–water partition coefficient (Wildman–Crippen LogP) is 4.72. The van der Waals surface area contributed by atoms with Gasteiger partial charge < -0.3 is 19.3 Å². The molecule has 0 rings (SSSR count). The lowest BCUT2D eigenvalue weighted by atomic mass is 10.1. The summed E-state index contributed by atoms with van der Waals surface area (Å²) >= 11 is 0. The van der Waals surface area contributed by atoms with Crippen LogP contribution in [0.5, 0.6) is 0 Å². The van der Waals surface area contributed by atoms with Crippen LogP contribution in [0.25, 0.3) is 0 Å². The predicted molar refractivity (Wildman–Crippen MR) is 112 cm³/mol. The van der Waals surface area contributed by atoms with Crippen molar-refractivity contribution in [3.8, 4) is 0 Å². The van der Waals surface area contributed by atoms with Crippen LogP contribution in [-0.2, 0) is 13.6 Å². The first-order valence-corrected chi connectivity index (χ1v) is 12.6. The van der Waals surface area contributed by atoms with E-state index in [4.69, 9.17) is 9.05 Å². The zero-order valence-electron chi connectivity index (χ0n) is 17.8. The fourth-order valence-corrected chi connectivity index (χ4v) is 3.60. The highest BCUT2D eigenvalue weighted by atomic mass is 31.2. The molecule has 162 valence electrons. The average molecular weight is 406 g/mol. The standard InChI is InChI=1S/C21H44NO4P/c1-3-4-5-6-7-8-9-10-11-12-13-14-15-16-17-18-20-25-27(23,24)26-21-19-22-2/h10-11,22H,3-9,12-21H2,1-2H3,(H,23,24)/b11-10-. The Labute approximate surface area is 167 Å². The minimum absolute atomic E-state index is 0.171. The van der Waals surface area contributed by atoms with Gasteiger partial charge in [0.05, 0.1) is 20.2 Å². The van der Waals surface area contributed by atoms with Gasteiger partial charge in [-0.25, -0.2) is 0 Å². The monoisotopic (exact) mass is 405 g/mol. The van der Waals surface area contributed by atoms with Crippen molar-refractivity contribution in [2.45, 2.75) is 96.8 Å². The maximum atomic E-state index is 11.4. The van der Waals surface area contributed by atoms with Gasteiger partial charge in [-0.15, -0.1) is 0 Å². The lowest BCUT2D eigenvalue weighted by Crippen LogP contribution is -2.80. The molecule has 1 unspecified atom stereocenters. The number of rotatable bonds is 21. The number of quaternary nitrogens is 1. The average Bonchev–Trinajstić information content (AvgIpc) is 2.64. The third kappa shape index (κ3) is 22.0. The Balaban J connectivity index is 3.26. The Kier molecular flexibility index (Phi) is 20.4. The molecule has 27 heavy (non-hydrogen) atoms. The van der Waals surface area contributed by atoms with Crippen molar-refractivity contribution in [2.75, 3.05) is 26.8 Å². The van der Waals surface area contributed by atoms with Crippen molar-refractivity contribution >= 4 is 7.82 Å². The summed E-state index contributed by atoms with van der Waals surface area (Å²) in [5.74, 6) is 0. The zero-order chi connectivity index (χ0) is 20.1. The van der Waals surface area contributed by atoms with E-state index in [1.54, 1.807) is 0 Å². The number of hydrogen-bond acceptors (Lipinski definition) is 4. The molecule has 0 spiro atoms. The number of phosphoric acid groups is 1. The van der Waals surface area contributed by atoms with Crippen LogP contribution in [0.1, 0.15) is 96.8 Å². The molecule has 0 amide bonds. The first kappa shape index (κ1) is 26.8. The lowest BCUT2D eigenvalue weighted by molar-refractivity contribution is -0.627. The summed E-state index contributed by atoms with van der Waals surface area (Å²) in [5, 5.41) is 1.87. The van der Waals surface area contributed by atoms with E-state index in [1.165, 1.54) is 70.6 Å². The summed E-state index contributed by atoms with van der Waals surface area (Å²) in [5.41, 5.74) is 0. The lowest BCUT2D eigenvalue weighted by Gasteiger charge is -2.22. The van der Waals surface area contributed by atoms with E-state index < -0.39 is 7.82 Å². The molecule has 0 heterocycles. The Bertz CT molecular complexity index is 377. The smallest absolute Gasteiger partial charge is 0.268 e. The number of nitrogens with two attached hydrogens (primary N) is 1. The van der Waals surface area contributed by atoms with E-state index in [0.717, 1.165) is 19.3 Å².